The highest BCUT2D eigenvalue weighted by Crippen LogP contribution is 2.71. The van der Waals surface area contributed by atoms with Gasteiger partial charge in [-0.2, -0.15) is 0 Å². The van der Waals surface area contributed by atoms with Gasteiger partial charge in [0, 0.05) is 12.0 Å². The second-order valence-electron chi connectivity index (χ2n) is 12.7. The van der Waals surface area contributed by atoms with E-state index in [1.54, 1.807) is 37.3 Å². The van der Waals surface area contributed by atoms with E-state index in [9.17, 15) is 24.9 Å². The zero-order valence-corrected chi connectivity index (χ0v) is 24.5. The summed E-state index contributed by atoms with van der Waals surface area (Å²) in [5.41, 5.74) is -2.86. The van der Waals surface area contributed by atoms with Crippen LogP contribution in [0.25, 0.3) is 0 Å². The van der Waals surface area contributed by atoms with E-state index < -0.39 is 41.7 Å². The Balaban J connectivity index is 1.53. The van der Waals surface area contributed by atoms with Crippen LogP contribution in [-0.2, 0) is 14.3 Å². The molecule has 3 N–H and O–H groups in total. The lowest BCUT2D eigenvalue weighted by molar-refractivity contribution is -0.201. The van der Waals surface area contributed by atoms with Gasteiger partial charge in [-0.3, -0.25) is 4.79 Å². The van der Waals surface area contributed by atoms with Gasteiger partial charge in [-0.05, 0) is 60.5 Å². The maximum absolute atomic E-state index is 14.3. The molecule has 0 aromatic heterocycles. The zero-order valence-electron chi connectivity index (χ0n) is 24.5. The Hall–Kier alpha value is -2.54. The summed E-state index contributed by atoms with van der Waals surface area (Å²) in [6.07, 6.45) is 20.3. The summed E-state index contributed by atoms with van der Waals surface area (Å²) >= 11 is 0. The molecule has 40 heavy (non-hydrogen) atoms. The highest BCUT2D eigenvalue weighted by molar-refractivity contribution is 5.95. The van der Waals surface area contributed by atoms with Gasteiger partial charge in [0.2, 0.25) is 0 Å². The molecule has 6 heteroatoms. The van der Waals surface area contributed by atoms with E-state index in [1.165, 1.54) is 25.3 Å². The molecule has 4 rings (SSSR count). The maximum atomic E-state index is 14.3. The van der Waals surface area contributed by atoms with Crippen molar-refractivity contribution in [3.63, 3.8) is 0 Å². The number of hydrogen-bond donors (Lipinski definition) is 3. The predicted octanol–water partition coefficient (Wildman–Crippen LogP) is 5.17. The Kier molecular flexibility index (Phi) is 8.94. The number of rotatable bonds is 10. The average Bonchev–Trinajstić information content (AvgIpc) is 3.40. The van der Waals surface area contributed by atoms with E-state index in [0.29, 0.717) is 17.9 Å². The van der Waals surface area contributed by atoms with Gasteiger partial charge in [0.15, 0.2) is 17.5 Å². The molecule has 2 fully saturated rings. The molecule has 1 spiro atoms. The largest absolute Gasteiger partial charge is 0.451 e. The first-order valence-corrected chi connectivity index (χ1v) is 14.8. The van der Waals surface area contributed by atoms with Crippen LogP contribution in [0.15, 0.2) is 71.9 Å². The Morgan fingerprint density at radius 2 is 1.80 bits per heavy atom. The van der Waals surface area contributed by atoms with Crippen LogP contribution in [0, 0.1) is 34.5 Å². The monoisotopic (exact) mass is 550 g/mol. The maximum Gasteiger partial charge on any atom is 0.331 e. The van der Waals surface area contributed by atoms with Crippen LogP contribution in [0.5, 0.6) is 0 Å². The summed E-state index contributed by atoms with van der Waals surface area (Å²) in [6, 6.07) is 0. The Morgan fingerprint density at radius 1 is 1.12 bits per heavy atom. The van der Waals surface area contributed by atoms with Gasteiger partial charge in [-0.25, -0.2) is 4.79 Å². The Bertz CT molecular complexity index is 1170. The Labute approximate surface area is 238 Å². The fourth-order valence-electron chi connectivity index (χ4n) is 7.83. The number of aliphatic hydroxyl groups excluding tert-OH is 2. The number of unbranched alkanes of at least 4 members (excludes halogenated alkanes) is 3. The lowest BCUT2D eigenvalue weighted by Crippen LogP contribution is -2.65. The molecule has 2 saturated carbocycles. The van der Waals surface area contributed by atoms with Crippen LogP contribution in [0.4, 0.5) is 0 Å². The highest BCUT2D eigenvalue weighted by Gasteiger charge is 2.76. The Morgan fingerprint density at radius 3 is 2.48 bits per heavy atom. The van der Waals surface area contributed by atoms with E-state index >= 15 is 0 Å². The van der Waals surface area contributed by atoms with Crippen molar-refractivity contribution in [3.8, 4) is 0 Å². The quantitative estimate of drug-likeness (QED) is 0.114. The first-order chi connectivity index (χ1) is 19.0. The lowest BCUT2D eigenvalue weighted by Gasteiger charge is -2.48. The number of hydrogen-bond acceptors (Lipinski definition) is 6. The molecule has 0 aromatic carbocycles. The standard InChI is InChI=1S/C34H46O6/c1-6-7-8-9-10-11-12-13-14-15-16-17-27(36)40-31-22(2)20-33-23(3)18-26-28(32(26,4)5)25(30(33)38)19-24(21-35)29(37)34(31,33)39/h10-17,19-20,23,25-26,28-29,31,35,37,39H,6-9,18,21H2,1-5H3/b11-10+,13-12+,15-14+,17-16+/t23-,25+,26-,28+,29-,31+,33+,34+/m1/s1. The molecule has 0 radical (unpaired) electrons. The fourth-order valence-corrected chi connectivity index (χ4v) is 7.83. The summed E-state index contributed by atoms with van der Waals surface area (Å²) in [7, 11) is 0. The van der Waals surface area contributed by atoms with Crippen molar-refractivity contribution in [3.05, 3.63) is 71.9 Å². The number of Topliss-reactive ketones (excluding diaryl/α,β-unsaturated/α-hetero) is 1. The number of fused-ring (bicyclic) bond motifs is 3. The van der Waals surface area contributed by atoms with Crippen LogP contribution in [-0.4, -0.2) is 51.5 Å². The highest BCUT2D eigenvalue weighted by atomic mass is 16.6. The van der Waals surface area contributed by atoms with E-state index in [0.717, 1.165) is 6.42 Å². The molecule has 218 valence electrons. The summed E-state index contributed by atoms with van der Waals surface area (Å²) in [4.78, 5) is 27.2. The molecule has 0 aromatic rings. The van der Waals surface area contributed by atoms with E-state index in [4.69, 9.17) is 4.74 Å². The van der Waals surface area contributed by atoms with Gasteiger partial charge in [0.05, 0.1) is 12.0 Å². The van der Waals surface area contributed by atoms with Crippen molar-refractivity contribution >= 4 is 11.8 Å². The number of esters is 1. The molecule has 4 aliphatic rings. The second-order valence-corrected chi connectivity index (χ2v) is 12.7. The third-order valence-electron chi connectivity index (χ3n) is 10.0. The van der Waals surface area contributed by atoms with E-state index in [1.807, 2.05) is 25.2 Å². The first-order valence-electron chi connectivity index (χ1n) is 14.8. The van der Waals surface area contributed by atoms with Crippen LogP contribution < -0.4 is 0 Å². The van der Waals surface area contributed by atoms with Gasteiger partial charge >= 0.3 is 5.97 Å². The van der Waals surface area contributed by atoms with E-state index in [-0.39, 0.29) is 28.6 Å². The van der Waals surface area contributed by atoms with Gasteiger partial charge in [-0.15, -0.1) is 0 Å². The number of allylic oxidation sites excluding steroid dienone is 8. The molecular weight excluding hydrogens is 504 g/mol. The number of aliphatic hydroxyl groups is 3. The number of carbonyl (C=O) groups excluding carboxylic acids is 2. The van der Waals surface area contributed by atoms with Gasteiger partial charge in [0.1, 0.15) is 6.10 Å². The molecule has 0 amide bonds. The van der Waals surface area contributed by atoms with Gasteiger partial charge < -0.3 is 20.1 Å². The van der Waals surface area contributed by atoms with Crippen molar-refractivity contribution in [1.29, 1.82) is 0 Å². The third-order valence-corrected chi connectivity index (χ3v) is 10.0. The normalized spacial score (nSPS) is 38.4. The van der Waals surface area contributed by atoms with Crippen molar-refractivity contribution < 1.29 is 29.6 Å². The molecule has 0 saturated heterocycles. The molecule has 8 atom stereocenters. The fraction of sp³-hybridized carbons (Fsp3) is 0.588. The SMILES string of the molecule is CCCCC/C=C/C=C/C=C/C=C/C(=O)O[C@H]1C(C)=C[C@]23C(=O)[C@@H](C=C(CO)[C@@H](O)[C@]12O)[C@H]1[C@@H](C[C@H]3C)C1(C)C. The molecule has 4 aliphatic carbocycles. The minimum absolute atomic E-state index is 0.0394. The zero-order chi connectivity index (χ0) is 29.3. The first kappa shape index (κ1) is 30.4. The van der Waals surface area contributed by atoms with Crippen LogP contribution in [0.1, 0.15) is 66.7 Å². The lowest BCUT2D eigenvalue weighted by atomic mass is 9.59. The number of carbonyl (C=O) groups is 2. The predicted molar refractivity (Wildman–Crippen MR) is 156 cm³/mol. The molecule has 6 nitrogen and oxygen atoms in total. The van der Waals surface area contributed by atoms with Crippen molar-refractivity contribution in [2.75, 3.05) is 6.61 Å². The van der Waals surface area contributed by atoms with Gasteiger partial charge in [0.25, 0.3) is 0 Å². The summed E-state index contributed by atoms with van der Waals surface area (Å²) < 4.78 is 5.78. The van der Waals surface area contributed by atoms with Crippen molar-refractivity contribution in [1.82, 2.24) is 0 Å². The smallest absolute Gasteiger partial charge is 0.331 e. The van der Waals surface area contributed by atoms with Crippen LogP contribution in [0.2, 0.25) is 0 Å². The van der Waals surface area contributed by atoms with E-state index in [2.05, 4.69) is 26.8 Å². The van der Waals surface area contributed by atoms with Gasteiger partial charge in [-0.1, -0.05) is 95.2 Å². The third kappa shape index (κ3) is 4.93. The minimum Gasteiger partial charge on any atom is -0.451 e. The topological polar surface area (TPSA) is 104 Å². The summed E-state index contributed by atoms with van der Waals surface area (Å²) in [6.45, 7) is 9.66. The minimum atomic E-state index is -2.12. The molecule has 0 unspecified atom stereocenters. The summed E-state index contributed by atoms with van der Waals surface area (Å²) in [5, 5.41) is 34.1. The molecule has 2 bridgehead atoms. The van der Waals surface area contributed by atoms with Crippen LogP contribution in [0.3, 0.4) is 0 Å². The summed E-state index contributed by atoms with van der Waals surface area (Å²) in [5.74, 6) is -1.30. The average molecular weight is 551 g/mol. The molecular formula is C34H46O6. The number of ketones is 1. The molecule has 0 heterocycles. The second kappa shape index (κ2) is 11.8. The van der Waals surface area contributed by atoms with Crippen LogP contribution >= 0.6 is 0 Å². The van der Waals surface area contributed by atoms with Crippen molar-refractivity contribution in [2.45, 2.75) is 84.5 Å². The van der Waals surface area contributed by atoms with Crippen molar-refractivity contribution in [2.24, 2.45) is 34.5 Å². The molecule has 0 aliphatic heterocycles. The number of ether oxygens (including phenoxy) is 1.